The van der Waals surface area contributed by atoms with Crippen LogP contribution in [0.2, 0.25) is 0 Å². The molecule has 3 heterocycles. The van der Waals surface area contributed by atoms with Gasteiger partial charge in [0.2, 0.25) is 5.91 Å². The summed E-state index contributed by atoms with van der Waals surface area (Å²) in [7, 11) is 0. The van der Waals surface area contributed by atoms with Gasteiger partial charge in [-0.1, -0.05) is 12.1 Å². The predicted molar refractivity (Wildman–Crippen MR) is 98.7 cm³/mol. The standard InChI is InChI=1S/C19H19N5O2/c25-19(13-24-5-7-26-8-6-24)23-18-10-17-9-14(1-2-15(17)11-20-18)16-3-4-21-22-12-16/h1-4,9-12H,5-8,13H2,(H,20,23,25). The largest absolute Gasteiger partial charge is 0.379 e. The lowest BCUT2D eigenvalue weighted by molar-refractivity contribution is -0.118. The van der Waals surface area contributed by atoms with E-state index in [1.807, 2.05) is 24.3 Å². The van der Waals surface area contributed by atoms with E-state index >= 15 is 0 Å². The first-order valence-corrected chi connectivity index (χ1v) is 8.55. The van der Waals surface area contributed by atoms with Crippen LogP contribution < -0.4 is 5.32 Å². The summed E-state index contributed by atoms with van der Waals surface area (Å²) in [6.45, 7) is 3.26. The zero-order chi connectivity index (χ0) is 17.8. The Kier molecular flexibility index (Phi) is 4.81. The van der Waals surface area contributed by atoms with Gasteiger partial charge in [0, 0.05) is 30.2 Å². The van der Waals surface area contributed by atoms with Gasteiger partial charge < -0.3 is 10.1 Å². The third-order valence-corrected chi connectivity index (χ3v) is 4.38. The number of pyridine rings is 1. The highest BCUT2D eigenvalue weighted by Crippen LogP contribution is 2.24. The summed E-state index contributed by atoms with van der Waals surface area (Å²) in [5.74, 6) is 0.494. The fourth-order valence-corrected chi connectivity index (χ4v) is 3.00. The quantitative estimate of drug-likeness (QED) is 0.776. The lowest BCUT2D eigenvalue weighted by Crippen LogP contribution is -2.41. The van der Waals surface area contributed by atoms with Crippen molar-refractivity contribution in [2.75, 3.05) is 38.2 Å². The van der Waals surface area contributed by atoms with Crippen molar-refractivity contribution in [2.45, 2.75) is 0 Å². The Morgan fingerprint density at radius 1 is 1.04 bits per heavy atom. The molecule has 132 valence electrons. The zero-order valence-electron chi connectivity index (χ0n) is 14.3. The van der Waals surface area contributed by atoms with Crippen molar-refractivity contribution in [3.8, 4) is 11.1 Å². The number of morpholine rings is 1. The highest BCUT2D eigenvalue weighted by atomic mass is 16.5. The van der Waals surface area contributed by atoms with Crippen LogP contribution in [0, 0.1) is 0 Å². The van der Waals surface area contributed by atoms with E-state index in [9.17, 15) is 4.79 Å². The number of ether oxygens (including phenoxy) is 1. The van der Waals surface area contributed by atoms with E-state index in [1.165, 1.54) is 0 Å². The number of fused-ring (bicyclic) bond motifs is 1. The molecule has 1 N–H and O–H groups in total. The van der Waals surface area contributed by atoms with E-state index in [2.05, 4.69) is 31.5 Å². The fraction of sp³-hybridized carbons (Fsp3) is 0.263. The Bertz CT molecular complexity index is 910. The monoisotopic (exact) mass is 349 g/mol. The molecule has 1 aromatic carbocycles. The second kappa shape index (κ2) is 7.55. The average molecular weight is 349 g/mol. The molecule has 7 heteroatoms. The molecule has 1 saturated heterocycles. The maximum absolute atomic E-state index is 12.3. The molecule has 4 rings (SSSR count). The highest BCUT2D eigenvalue weighted by molar-refractivity contribution is 5.94. The van der Waals surface area contributed by atoms with E-state index in [-0.39, 0.29) is 5.91 Å². The summed E-state index contributed by atoms with van der Waals surface area (Å²) in [4.78, 5) is 18.7. The van der Waals surface area contributed by atoms with Crippen LogP contribution in [0.4, 0.5) is 5.82 Å². The number of carbonyl (C=O) groups is 1. The molecule has 0 saturated carbocycles. The van der Waals surface area contributed by atoms with Crippen LogP contribution in [0.3, 0.4) is 0 Å². The minimum absolute atomic E-state index is 0.0618. The van der Waals surface area contributed by atoms with E-state index in [1.54, 1.807) is 18.6 Å². The molecule has 0 aliphatic carbocycles. The number of amides is 1. The minimum Gasteiger partial charge on any atom is -0.379 e. The van der Waals surface area contributed by atoms with E-state index in [0.29, 0.717) is 25.6 Å². The first-order valence-electron chi connectivity index (χ1n) is 8.55. The van der Waals surface area contributed by atoms with Crippen molar-refractivity contribution < 1.29 is 9.53 Å². The summed E-state index contributed by atoms with van der Waals surface area (Å²) in [6, 6.07) is 9.91. The second-order valence-electron chi connectivity index (χ2n) is 6.20. The van der Waals surface area contributed by atoms with Crippen molar-refractivity contribution in [1.29, 1.82) is 0 Å². The number of rotatable bonds is 4. The van der Waals surface area contributed by atoms with Crippen LogP contribution in [0.1, 0.15) is 0 Å². The van der Waals surface area contributed by atoms with E-state index in [0.717, 1.165) is 35.0 Å². The topological polar surface area (TPSA) is 80.2 Å². The smallest absolute Gasteiger partial charge is 0.239 e. The van der Waals surface area contributed by atoms with Gasteiger partial charge in [-0.2, -0.15) is 10.2 Å². The van der Waals surface area contributed by atoms with Crippen LogP contribution in [-0.4, -0.2) is 58.8 Å². The van der Waals surface area contributed by atoms with Crippen molar-refractivity contribution in [2.24, 2.45) is 0 Å². The van der Waals surface area contributed by atoms with Crippen molar-refractivity contribution in [3.05, 3.63) is 48.9 Å². The van der Waals surface area contributed by atoms with Crippen LogP contribution in [-0.2, 0) is 9.53 Å². The molecule has 26 heavy (non-hydrogen) atoms. The number of anilines is 1. The molecule has 0 spiro atoms. The first-order chi connectivity index (χ1) is 12.8. The maximum atomic E-state index is 12.3. The Labute approximate surface area is 151 Å². The number of nitrogens with zero attached hydrogens (tertiary/aromatic N) is 4. The van der Waals surface area contributed by atoms with E-state index < -0.39 is 0 Å². The number of hydrogen-bond donors (Lipinski definition) is 1. The molecule has 1 aliphatic rings. The van der Waals surface area contributed by atoms with Crippen LogP contribution in [0.5, 0.6) is 0 Å². The van der Waals surface area contributed by atoms with Gasteiger partial charge in [0.05, 0.1) is 32.2 Å². The minimum atomic E-state index is -0.0618. The molecule has 0 unspecified atom stereocenters. The molecule has 0 radical (unpaired) electrons. The molecule has 1 aliphatic heterocycles. The van der Waals surface area contributed by atoms with Gasteiger partial charge in [0.25, 0.3) is 0 Å². The Morgan fingerprint density at radius 3 is 2.73 bits per heavy atom. The number of hydrogen-bond acceptors (Lipinski definition) is 6. The third kappa shape index (κ3) is 3.84. The molecule has 7 nitrogen and oxygen atoms in total. The number of benzene rings is 1. The lowest BCUT2D eigenvalue weighted by Gasteiger charge is -2.25. The maximum Gasteiger partial charge on any atom is 0.239 e. The second-order valence-corrected chi connectivity index (χ2v) is 6.20. The molecule has 0 atom stereocenters. The van der Waals surface area contributed by atoms with Crippen LogP contribution >= 0.6 is 0 Å². The summed E-state index contributed by atoms with van der Waals surface area (Å²) in [5, 5.41) is 12.6. The number of carbonyl (C=O) groups excluding carboxylic acids is 1. The molecular formula is C19H19N5O2. The normalized spacial score (nSPS) is 15.1. The van der Waals surface area contributed by atoms with Crippen LogP contribution in [0.15, 0.2) is 48.9 Å². The van der Waals surface area contributed by atoms with E-state index in [4.69, 9.17) is 4.74 Å². The van der Waals surface area contributed by atoms with Crippen LogP contribution in [0.25, 0.3) is 21.9 Å². The number of aromatic nitrogens is 3. The van der Waals surface area contributed by atoms with Crippen molar-refractivity contribution in [3.63, 3.8) is 0 Å². The molecule has 0 bridgehead atoms. The predicted octanol–water partition coefficient (Wildman–Crippen LogP) is 1.96. The highest BCUT2D eigenvalue weighted by Gasteiger charge is 2.14. The van der Waals surface area contributed by atoms with Gasteiger partial charge in [-0.15, -0.1) is 0 Å². The van der Waals surface area contributed by atoms with Gasteiger partial charge in [-0.05, 0) is 29.1 Å². The Morgan fingerprint density at radius 2 is 1.92 bits per heavy atom. The van der Waals surface area contributed by atoms with Crippen molar-refractivity contribution >= 4 is 22.5 Å². The summed E-state index contributed by atoms with van der Waals surface area (Å²) < 4.78 is 5.30. The Balaban J connectivity index is 1.51. The van der Waals surface area contributed by atoms with Gasteiger partial charge in [0.15, 0.2) is 0 Å². The summed E-state index contributed by atoms with van der Waals surface area (Å²) >= 11 is 0. The molecule has 2 aromatic heterocycles. The lowest BCUT2D eigenvalue weighted by atomic mass is 10.0. The molecule has 3 aromatic rings. The van der Waals surface area contributed by atoms with Crippen molar-refractivity contribution in [1.82, 2.24) is 20.1 Å². The molecule has 1 amide bonds. The van der Waals surface area contributed by atoms with Gasteiger partial charge in [-0.3, -0.25) is 9.69 Å². The first kappa shape index (κ1) is 16.6. The third-order valence-electron chi connectivity index (χ3n) is 4.38. The van der Waals surface area contributed by atoms with Gasteiger partial charge in [0.1, 0.15) is 5.82 Å². The Hall–Kier alpha value is -2.90. The molecular weight excluding hydrogens is 330 g/mol. The fourth-order valence-electron chi connectivity index (χ4n) is 3.00. The number of nitrogens with one attached hydrogen (secondary N) is 1. The molecule has 1 fully saturated rings. The zero-order valence-corrected chi connectivity index (χ0v) is 14.3. The SMILES string of the molecule is O=C(CN1CCOCC1)Nc1cc2cc(-c3ccnnc3)ccc2cn1. The summed E-state index contributed by atoms with van der Waals surface area (Å²) in [6.07, 6.45) is 5.17. The average Bonchev–Trinajstić information content (AvgIpc) is 2.69. The van der Waals surface area contributed by atoms with Gasteiger partial charge >= 0.3 is 0 Å². The van der Waals surface area contributed by atoms with Gasteiger partial charge in [-0.25, -0.2) is 4.98 Å². The summed E-state index contributed by atoms with van der Waals surface area (Å²) in [5.41, 5.74) is 2.04.